The fraction of sp³-hybridized carbons (Fsp3) is 0.533. The molecule has 0 aliphatic carbocycles. The van der Waals surface area contributed by atoms with Crippen LogP contribution in [0.15, 0.2) is 18.2 Å². The maximum absolute atomic E-state index is 13.3. The monoisotopic (exact) mass is 295 g/mol. The number of hydrogen-bond acceptors (Lipinski definition) is 2. The van der Waals surface area contributed by atoms with Crippen LogP contribution in [0.25, 0.3) is 11.0 Å². The van der Waals surface area contributed by atoms with E-state index in [-0.39, 0.29) is 5.82 Å². The standard InChI is InChI=1S/C15H19ClFN3/c1-2-19-7-3-4-12(10-19)20-14-6-5-11(17)8-13(14)18-15(20)9-16/h5-6,8,12H,2-4,7,9-10H2,1H3. The Hall–Kier alpha value is -1.13. The van der Waals surface area contributed by atoms with Crippen molar-refractivity contribution in [3.05, 3.63) is 29.8 Å². The van der Waals surface area contributed by atoms with E-state index < -0.39 is 0 Å². The van der Waals surface area contributed by atoms with Gasteiger partial charge in [0.15, 0.2) is 0 Å². The highest BCUT2D eigenvalue weighted by Gasteiger charge is 2.24. The highest BCUT2D eigenvalue weighted by molar-refractivity contribution is 6.16. The van der Waals surface area contributed by atoms with Crippen molar-refractivity contribution in [2.75, 3.05) is 19.6 Å². The van der Waals surface area contributed by atoms with Gasteiger partial charge in [0, 0.05) is 18.7 Å². The molecule has 1 unspecified atom stereocenters. The zero-order valence-corrected chi connectivity index (χ0v) is 12.4. The quantitative estimate of drug-likeness (QED) is 0.807. The van der Waals surface area contributed by atoms with Gasteiger partial charge in [0.05, 0.1) is 16.9 Å². The normalized spacial score (nSPS) is 20.6. The van der Waals surface area contributed by atoms with E-state index in [4.69, 9.17) is 11.6 Å². The van der Waals surface area contributed by atoms with Crippen LogP contribution in [0.1, 0.15) is 31.6 Å². The van der Waals surface area contributed by atoms with Gasteiger partial charge in [0.1, 0.15) is 11.6 Å². The molecule has 1 aromatic heterocycles. The van der Waals surface area contributed by atoms with Crippen molar-refractivity contribution in [3.8, 4) is 0 Å². The Morgan fingerprint density at radius 1 is 1.45 bits per heavy atom. The number of piperidine rings is 1. The third kappa shape index (κ3) is 2.42. The molecule has 0 amide bonds. The van der Waals surface area contributed by atoms with E-state index >= 15 is 0 Å². The first-order valence-corrected chi connectivity index (χ1v) is 7.71. The Kier molecular flexibility index (Phi) is 3.94. The number of hydrogen-bond donors (Lipinski definition) is 0. The molecule has 1 aliphatic rings. The lowest BCUT2D eigenvalue weighted by Gasteiger charge is -2.33. The summed E-state index contributed by atoms with van der Waals surface area (Å²) in [5.74, 6) is 0.955. The van der Waals surface area contributed by atoms with Crippen molar-refractivity contribution >= 4 is 22.6 Å². The van der Waals surface area contributed by atoms with E-state index in [1.165, 1.54) is 18.6 Å². The molecule has 1 aliphatic heterocycles. The van der Waals surface area contributed by atoms with Crippen LogP contribution in [0.2, 0.25) is 0 Å². The Morgan fingerprint density at radius 3 is 3.05 bits per heavy atom. The average Bonchev–Trinajstić information content (AvgIpc) is 2.84. The van der Waals surface area contributed by atoms with Gasteiger partial charge >= 0.3 is 0 Å². The summed E-state index contributed by atoms with van der Waals surface area (Å²) in [4.78, 5) is 6.94. The van der Waals surface area contributed by atoms with Gasteiger partial charge in [-0.05, 0) is 38.1 Å². The number of likely N-dealkylation sites (tertiary alicyclic amines) is 1. The Morgan fingerprint density at radius 2 is 2.30 bits per heavy atom. The molecule has 20 heavy (non-hydrogen) atoms. The summed E-state index contributed by atoms with van der Waals surface area (Å²) >= 11 is 6.04. The second kappa shape index (κ2) is 5.70. The van der Waals surface area contributed by atoms with E-state index in [1.54, 1.807) is 0 Å². The van der Waals surface area contributed by atoms with Gasteiger partial charge < -0.3 is 9.47 Å². The van der Waals surface area contributed by atoms with Crippen molar-refractivity contribution in [2.45, 2.75) is 31.7 Å². The molecule has 0 N–H and O–H groups in total. The summed E-state index contributed by atoms with van der Waals surface area (Å²) in [7, 11) is 0. The topological polar surface area (TPSA) is 21.1 Å². The molecular weight excluding hydrogens is 277 g/mol. The maximum Gasteiger partial charge on any atom is 0.125 e. The van der Waals surface area contributed by atoms with E-state index in [2.05, 4.69) is 21.4 Å². The van der Waals surface area contributed by atoms with Crippen molar-refractivity contribution in [3.63, 3.8) is 0 Å². The van der Waals surface area contributed by atoms with Crippen LogP contribution in [0.3, 0.4) is 0 Å². The minimum Gasteiger partial charge on any atom is -0.323 e. The van der Waals surface area contributed by atoms with E-state index in [0.717, 1.165) is 37.4 Å². The van der Waals surface area contributed by atoms with Gasteiger partial charge in [-0.1, -0.05) is 6.92 Å². The molecule has 1 atom stereocenters. The zero-order chi connectivity index (χ0) is 14.1. The number of aromatic nitrogens is 2. The smallest absolute Gasteiger partial charge is 0.125 e. The lowest BCUT2D eigenvalue weighted by molar-refractivity contribution is 0.186. The molecule has 3 nitrogen and oxygen atoms in total. The van der Waals surface area contributed by atoms with Crippen LogP contribution in [-0.2, 0) is 5.88 Å². The molecule has 2 aromatic rings. The first kappa shape index (κ1) is 13.8. The van der Waals surface area contributed by atoms with Gasteiger partial charge in [-0.3, -0.25) is 0 Å². The van der Waals surface area contributed by atoms with Crippen LogP contribution in [0, 0.1) is 5.82 Å². The van der Waals surface area contributed by atoms with Crippen molar-refractivity contribution in [1.82, 2.24) is 14.5 Å². The largest absolute Gasteiger partial charge is 0.323 e. The minimum atomic E-state index is -0.248. The summed E-state index contributed by atoms with van der Waals surface area (Å²) in [5, 5.41) is 0. The third-order valence-corrected chi connectivity index (χ3v) is 4.38. The van der Waals surface area contributed by atoms with Gasteiger partial charge in [-0.2, -0.15) is 0 Å². The summed E-state index contributed by atoms with van der Waals surface area (Å²) in [6, 6.07) is 5.19. The number of likely N-dealkylation sites (N-methyl/N-ethyl adjacent to an activating group) is 1. The fourth-order valence-electron chi connectivity index (χ4n) is 3.15. The molecule has 1 saturated heterocycles. The Labute approximate surface area is 123 Å². The molecule has 3 rings (SSSR count). The second-order valence-corrected chi connectivity index (χ2v) is 5.62. The molecule has 0 spiro atoms. The number of rotatable bonds is 3. The van der Waals surface area contributed by atoms with Crippen molar-refractivity contribution in [1.29, 1.82) is 0 Å². The Balaban J connectivity index is 2.04. The lowest BCUT2D eigenvalue weighted by Crippen LogP contribution is -2.36. The summed E-state index contributed by atoms with van der Waals surface area (Å²) < 4.78 is 15.6. The fourth-order valence-corrected chi connectivity index (χ4v) is 3.34. The van der Waals surface area contributed by atoms with Crippen molar-refractivity contribution < 1.29 is 4.39 Å². The summed E-state index contributed by atoms with van der Waals surface area (Å²) in [6.45, 7) is 5.42. The molecular formula is C15H19ClFN3. The number of benzene rings is 1. The van der Waals surface area contributed by atoms with Crippen LogP contribution in [0.4, 0.5) is 4.39 Å². The average molecular weight is 296 g/mol. The molecule has 1 aromatic carbocycles. The predicted molar refractivity (Wildman–Crippen MR) is 79.6 cm³/mol. The summed E-state index contributed by atoms with van der Waals surface area (Å²) in [5.41, 5.74) is 1.69. The van der Waals surface area contributed by atoms with Gasteiger partial charge in [-0.25, -0.2) is 9.37 Å². The zero-order valence-electron chi connectivity index (χ0n) is 11.6. The lowest BCUT2D eigenvalue weighted by atomic mass is 10.1. The predicted octanol–water partition coefficient (Wildman–Crippen LogP) is 3.57. The number of fused-ring (bicyclic) bond motifs is 1. The number of halogens is 2. The first-order valence-electron chi connectivity index (χ1n) is 7.17. The van der Waals surface area contributed by atoms with Crippen LogP contribution >= 0.6 is 11.6 Å². The SMILES string of the molecule is CCN1CCCC(n2c(CCl)nc3cc(F)ccc32)C1. The Bertz CT molecular complexity index is 610. The molecule has 5 heteroatoms. The van der Waals surface area contributed by atoms with Gasteiger partial charge in [-0.15, -0.1) is 11.6 Å². The molecule has 1 fully saturated rings. The molecule has 0 radical (unpaired) electrons. The third-order valence-electron chi connectivity index (χ3n) is 4.14. The number of nitrogens with zero attached hydrogens (tertiary/aromatic N) is 3. The number of alkyl halides is 1. The van der Waals surface area contributed by atoms with Crippen molar-refractivity contribution in [2.24, 2.45) is 0 Å². The minimum absolute atomic E-state index is 0.248. The van der Waals surface area contributed by atoms with E-state index in [9.17, 15) is 4.39 Å². The van der Waals surface area contributed by atoms with Crippen LogP contribution in [0.5, 0.6) is 0 Å². The van der Waals surface area contributed by atoms with E-state index in [0.29, 0.717) is 17.4 Å². The molecule has 2 heterocycles. The molecule has 0 bridgehead atoms. The molecule has 0 saturated carbocycles. The van der Waals surface area contributed by atoms with Gasteiger partial charge in [0.2, 0.25) is 0 Å². The highest BCUT2D eigenvalue weighted by Crippen LogP contribution is 2.28. The maximum atomic E-state index is 13.3. The van der Waals surface area contributed by atoms with Crippen LogP contribution < -0.4 is 0 Å². The highest BCUT2D eigenvalue weighted by atomic mass is 35.5. The number of imidazole rings is 1. The van der Waals surface area contributed by atoms with E-state index in [1.807, 2.05) is 6.07 Å². The molecule has 108 valence electrons. The first-order chi connectivity index (χ1) is 9.72. The second-order valence-electron chi connectivity index (χ2n) is 5.35. The van der Waals surface area contributed by atoms with Crippen LogP contribution in [-0.4, -0.2) is 34.1 Å². The van der Waals surface area contributed by atoms with Gasteiger partial charge in [0.25, 0.3) is 0 Å². The summed E-state index contributed by atoms with van der Waals surface area (Å²) in [6.07, 6.45) is 2.31.